The van der Waals surface area contributed by atoms with Crippen molar-refractivity contribution in [1.82, 2.24) is 5.32 Å². The lowest BCUT2D eigenvalue weighted by Gasteiger charge is -2.09. The van der Waals surface area contributed by atoms with Gasteiger partial charge in [-0.25, -0.2) is 0 Å². The second-order valence-corrected chi connectivity index (χ2v) is 4.96. The molecule has 1 unspecified atom stereocenters. The molecule has 1 heterocycles. The van der Waals surface area contributed by atoms with E-state index < -0.39 is 0 Å². The second-order valence-electron chi connectivity index (χ2n) is 4.96. The highest BCUT2D eigenvalue weighted by Crippen LogP contribution is 2.08. The first-order chi connectivity index (χ1) is 8.84. The van der Waals surface area contributed by atoms with Crippen molar-refractivity contribution in [2.75, 3.05) is 13.2 Å². The molecule has 0 bridgehead atoms. The van der Waals surface area contributed by atoms with Gasteiger partial charge in [0.1, 0.15) is 6.04 Å². The predicted molar refractivity (Wildman–Crippen MR) is 74.5 cm³/mol. The Hall–Kier alpha value is -0.830. The average molecular weight is 253 g/mol. The average Bonchev–Trinajstić information content (AvgIpc) is 2.90. The molecule has 1 N–H and O–H groups in total. The lowest BCUT2D eigenvalue weighted by atomic mass is 10.1. The van der Waals surface area contributed by atoms with Crippen LogP contribution in [0.2, 0.25) is 0 Å². The molecule has 1 rings (SSSR count). The van der Waals surface area contributed by atoms with Gasteiger partial charge in [0.15, 0.2) is 0 Å². The molecule has 0 aromatic heterocycles. The van der Waals surface area contributed by atoms with Gasteiger partial charge in [0.05, 0.1) is 6.61 Å². The van der Waals surface area contributed by atoms with Gasteiger partial charge in [0.2, 0.25) is 0 Å². The summed E-state index contributed by atoms with van der Waals surface area (Å²) in [6, 6.07) is -0.209. The van der Waals surface area contributed by atoms with E-state index in [4.69, 9.17) is 4.74 Å². The van der Waals surface area contributed by atoms with E-state index in [-0.39, 0.29) is 12.0 Å². The van der Waals surface area contributed by atoms with Gasteiger partial charge in [-0.05, 0) is 6.42 Å². The molecular weight excluding hydrogens is 226 g/mol. The van der Waals surface area contributed by atoms with Gasteiger partial charge in [-0.1, -0.05) is 64.0 Å². The first-order valence-corrected chi connectivity index (χ1v) is 7.41. The zero-order valence-electron chi connectivity index (χ0n) is 11.6. The van der Waals surface area contributed by atoms with Crippen molar-refractivity contribution in [2.45, 2.75) is 64.3 Å². The van der Waals surface area contributed by atoms with Gasteiger partial charge in [0.25, 0.3) is 0 Å². The highest BCUT2D eigenvalue weighted by Gasteiger charge is 2.18. The van der Waals surface area contributed by atoms with Crippen molar-refractivity contribution in [2.24, 2.45) is 0 Å². The van der Waals surface area contributed by atoms with E-state index in [2.05, 4.69) is 12.2 Å². The van der Waals surface area contributed by atoms with Crippen molar-refractivity contribution >= 4 is 5.97 Å². The topological polar surface area (TPSA) is 38.3 Å². The second kappa shape index (κ2) is 10.1. The molecule has 3 heteroatoms. The minimum Gasteiger partial charge on any atom is -0.464 e. The molecule has 1 aliphatic rings. The lowest BCUT2D eigenvalue weighted by Crippen LogP contribution is -2.32. The van der Waals surface area contributed by atoms with Gasteiger partial charge in [-0.2, -0.15) is 0 Å². The van der Waals surface area contributed by atoms with E-state index >= 15 is 0 Å². The Balaban J connectivity index is 1.83. The quantitative estimate of drug-likeness (QED) is 0.369. The Morgan fingerprint density at radius 3 is 2.44 bits per heavy atom. The summed E-state index contributed by atoms with van der Waals surface area (Å²) in [6.07, 6.45) is 14.0. The van der Waals surface area contributed by atoms with Crippen LogP contribution >= 0.6 is 0 Å². The van der Waals surface area contributed by atoms with E-state index in [1.807, 2.05) is 12.2 Å². The summed E-state index contributed by atoms with van der Waals surface area (Å²) in [5.41, 5.74) is 0. The van der Waals surface area contributed by atoms with E-state index in [9.17, 15) is 4.79 Å². The molecule has 0 saturated carbocycles. The first kappa shape index (κ1) is 15.2. The number of nitrogens with one attached hydrogen (secondary N) is 1. The molecule has 0 aromatic rings. The number of carbonyl (C=O) groups excluding carboxylic acids is 1. The minimum atomic E-state index is -0.209. The summed E-state index contributed by atoms with van der Waals surface area (Å²) in [6.45, 7) is 3.58. The minimum absolute atomic E-state index is 0.133. The van der Waals surface area contributed by atoms with E-state index in [0.29, 0.717) is 6.61 Å². The van der Waals surface area contributed by atoms with Crippen LogP contribution in [-0.2, 0) is 9.53 Å². The van der Waals surface area contributed by atoms with E-state index in [1.165, 1.54) is 44.9 Å². The number of ether oxygens (including phenoxy) is 1. The summed E-state index contributed by atoms with van der Waals surface area (Å²) < 4.78 is 5.22. The molecule has 3 nitrogen and oxygen atoms in total. The zero-order valence-corrected chi connectivity index (χ0v) is 11.6. The number of rotatable bonds is 10. The third-order valence-corrected chi connectivity index (χ3v) is 3.28. The normalized spacial score (nSPS) is 18.2. The fourth-order valence-electron chi connectivity index (χ4n) is 2.13. The highest BCUT2D eigenvalue weighted by atomic mass is 16.5. The van der Waals surface area contributed by atoms with E-state index in [0.717, 1.165) is 13.0 Å². The van der Waals surface area contributed by atoms with Crippen LogP contribution in [0.25, 0.3) is 0 Å². The first-order valence-electron chi connectivity index (χ1n) is 7.41. The van der Waals surface area contributed by atoms with Crippen molar-refractivity contribution < 1.29 is 9.53 Å². The van der Waals surface area contributed by atoms with Crippen LogP contribution in [-0.4, -0.2) is 25.2 Å². The molecule has 0 spiro atoms. The number of hydrogen-bond donors (Lipinski definition) is 1. The van der Waals surface area contributed by atoms with Crippen LogP contribution in [0.15, 0.2) is 12.2 Å². The lowest BCUT2D eigenvalue weighted by molar-refractivity contribution is -0.144. The van der Waals surface area contributed by atoms with Crippen molar-refractivity contribution in [3.8, 4) is 0 Å². The Morgan fingerprint density at radius 2 is 1.83 bits per heavy atom. The number of esters is 1. The third kappa shape index (κ3) is 6.80. The monoisotopic (exact) mass is 253 g/mol. The third-order valence-electron chi connectivity index (χ3n) is 3.28. The summed E-state index contributed by atoms with van der Waals surface area (Å²) in [7, 11) is 0. The van der Waals surface area contributed by atoms with Crippen LogP contribution in [0.3, 0.4) is 0 Å². The maximum Gasteiger partial charge on any atom is 0.327 e. The van der Waals surface area contributed by atoms with Crippen LogP contribution in [0, 0.1) is 0 Å². The number of carbonyl (C=O) groups is 1. The predicted octanol–water partition coefficient (Wildman–Crippen LogP) is 3.20. The largest absolute Gasteiger partial charge is 0.464 e. The molecule has 18 heavy (non-hydrogen) atoms. The molecule has 0 fully saturated rings. The molecule has 0 radical (unpaired) electrons. The zero-order chi connectivity index (χ0) is 13.1. The molecule has 0 amide bonds. The van der Waals surface area contributed by atoms with Gasteiger partial charge < -0.3 is 4.74 Å². The SMILES string of the molecule is CCCCCCCCCCOC(=O)C1C=CCN1. The Labute approximate surface area is 111 Å². The summed E-state index contributed by atoms with van der Waals surface area (Å²) in [5, 5.41) is 3.05. The number of hydrogen-bond acceptors (Lipinski definition) is 3. The molecule has 0 saturated heterocycles. The molecule has 1 atom stereocenters. The maximum absolute atomic E-state index is 11.5. The summed E-state index contributed by atoms with van der Waals surface area (Å²) >= 11 is 0. The molecule has 0 aromatic carbocycles. The Bertz CT molecular complexity index is 251. The van der Waals surface area contributed by atoms with Crippen LogP contribution in [0.5, 0.6) is 0 Å². The van der Waals surface area contributed by atoms with E-state index in [1.54, 1.807) is 0 Å². The fraction of sp³-hybridized carbons (Fsp3) is 0.800. The maximum atomic E-state index is 11.5. The molecule has 0 aliphatic carbocycles. The van der Waals surface area contributed by atoms with Crippen molar-refractivity contribution in [1.29, 1.82) is 0 Å². The van der Waals surface area contributed by atoms with Gasteiger partial charge in [-0.15, -0.1) is 0 Å². The molecular formula is C15H27NO2. The van der Waals surface area contributed by atoms with Crippen molar-refractivity contribution in [3.05, 3.63) is 12.2 Å². The Morgan fingerprint density at radius 1 is 1.17 bits per heavy atom. The number of unbranched alkanes of at least 4 members (excludes halogenated alkanes) is 7. The van der Waals surface area contributed by atoms with Gasteiger partial charge in [-0.3, -0.25) is 10.1 Å². The summed E-state index contributed by atoms with van der Waals surface area (Å²) in [4.78, 5) is 11.5. The van der Waals surface area contributed by atoms with Crippen LogP contribution < -0.4 is 5.32 Å². The van der Waals surface area contributed by atoms with Gasteiger partial charge in [0, 0.05) is 6.54 Å². The fourth-order valence-corrected chi connectivity index (χ4v) is 2.13. The van der Waals surface area contributed by atoms with Crippen molar-refractivity contribution in [3.63, 3.8) is 0 Å². The molecule has 1 aliphatic heterocycles. The summed E-state index contributed by atoms with van der Waals surface area (Å²) in [5.74, 6) is -0.133. The van der Waals surface area contributed by atoms with Crippen LogP contribution in [0.1, 0.15) is 58.3 Å². The standard InChI is InChI=1S/C15H27NO2/c1-2-3-4-5-6-7-8-9-13-18-15(17)14-11-10-12-16-14/h10-11,14,16H,2-9,12-13H2,1H3. The van der Waals surface area contributed by atoms with Crippen LogP contribution in [0.4, 0.5) is 0 Å². The smallest absolute Gasteiger partial charge is 0.327 e. The molecule has 104 valence electrons. The Kier molecular flexibility index (Phi) is 8.57. The van der Waals surface area contributed by atoms with Gasteiger partial charge >= 0.3 is 5.97 Å². The highest BCUT2D eigenvalue weighted by molar-refractivity contribution is 5.78.